The lowest BCUT2D eigenvalue weighted by Gasteiger charge is -2.32. The van der Waals surface area contributed by atoms with Crippen molar-refractivity contribution in [3.05, 3.63) is 52.3 Å². The molecule has 0 saturated carbocycles. The second kappa shape index (κ2) is 8.04. The molecule has 0 spiro atoms. The third-order valence-corrected chi connectivity index (χ3v) is 5.12. The molecule has 1 amide bonds. The van der Waals surface area contributed by atoms with Gasteiger partial charge in [0.15, 0.2) is 5.78 Å². The van der Waals surface area contributed by atoms with Gasteiger partial charge in [-0.3, -0.25) is 14.3 Å². The van der Waals surface area contributed by atoms with Crippen molar-refractivity contribution in [1.82, 2.24) is 14.7 Å². The summed E-state index contributed by atoms with van der Waals surface area (Å²) in [6.45, 7) is 3.22. The molecule has 1 saturated heterocycles. The number of likely N-dealkylation sites (tertiary alicyclic amines) is 1. The SMILES string of the molecule is CCCc1cc(C(=O)N2CCC[C@H](C(=O)c3ccc(Cl)cc3)C2)n(C)n1. The van der Waals surface area contributed by atoms with E-state index < -0.39 is 0 Å². The fourth-order valence-corrected chi connectivity index (χ4v) is 3.62. The summed E-state index contributed by atoms with van der Waals surface area (Å²) in [5, 5.41) is 5.03. The molecule has 0 unspecified atom stereocenters. The smallest absolute Gasteiger partial charge is 0.272 e. The van der Waals surface area contributed by atoms with Gasteiger partial charge in [0.1, 0.15) is 5.69 Å². The lowest BCUT2D eigenvalue weighted by Crippen LogP contribution is -2.43. The standard InChI is InChI=1S/C20H24ClN3O2/c1-3-5-17-12-18(23(2)22-17)20(26)24-11-4-6-15(13-24)19(25)14-7-9-16(21)10-8-14/h7-10,12,15H,3-6,11,13H2,1-2H3/t15-/m0/s1. The number of halogens is 1. The van der Waals surface area contributed by atoms with Gasteiger partial charge in [-0.05, 0) is 49.6 Å². The lowest BCUT2D eigenvalue weighted by molar-refractivity contribution is 0.0628. The van der Waals surface area contributed by atoms with E-state index in [9.17, 15) is 9.59 Å². The first kappa shape index (κ1) is 18.6. The zero-order valence-corrected chi connectivity index (χ0v) is 16.0. The van der Waals surface area contributed by atoms with Gasteiger partial charge in [0.05, 0.1) is 5.69 Å². The third-order valence-electron chi connectivity index (χ3n) is 4.86. The zero-order chi connectivity index (χ0) is 18.7. The van der Waals surface area contributed by atoms with E-state index in [1.807, 2.05) is 6.07 Å². The van der Waals surface area contributed by atoms with Crippen LogP contribution in [-0.4, -0.2) is 39.5 Å². The van der Waals surface area contributed by atoms with Crippen molar-refractivity contribution < 1.29 is 9.59 Å². The van der Waals surface area contributed by atoms with E-state index in [0.717, 1.165) is 31.4 Å². The summed E-state index contributed by atoms with van der Waals surface area (Å²) in [4.78, 5) is 27.5. The van der Waals surface area contributed by atoms with E-state index in [1.54, 1.807) is 40.9 Å². The molecule has 0 bridgehead atoms. The molecular weight excluding hydrogens is 350 g/mol. The number of nitrogens with zero attached hydrogens (tertiary/aromatic N) is 3. The number of rotatable bonds is 5. The molecule has 5 nitrogen and oxygen atoms in total. The Morgan fingerprint density at radius 1 is 1.27 bits per heavy atom. The number of piperidine rings is 1. The van der Waals surface area contributed by atoms with Gasteiger partial charge >= 0.3 is 0 Å². The van der Waals surface area contributed by atoms with Crippen molar-refractivity contribution >= 4 is 23.3 Å². The summed E-state index contributed by atoms with van der Waals surface area (Å²) in [6, 6.07) is 8.83. The number of benzene rings is 1. The predicted octanol–water partition coefficient (Wildman–Crippen LogP) is 3.76. The first-order chi connectivity index (χ1) is 12.5. The molecule has 1 aromatic heterocycles. The van der Waals surface area contributed by atoms with Crippen molar-refractivity contribution in [2.45, 2.75) is 32.6 Å². The van der Waals surface area contributed by atoms with Crippen LogP contribution in [-0.2, 0) is 13.5 Å². The molecule has 6 heteroatoms. The van der Waals surface area contributed by atoms with Crippen LogP contribution in [0.2, 0.25) is 5.02 Å². The van der Waals surface area contributed by atoms with Crippen LogP contribution in [0.4, 0.5) is 0 Å². The fourth-order valence-electron chi connectivity index (χ4n) is 3.49. The van der Waals surface area contributed by atoms with Gasteiger partial charge in [0.2, 0.25) is 0 Å². The van der Waals surface area contributed by atoms with E-state index in [4.69, 9.17) is 11.6 Å². The number of amides is 1. The molecule has 138 valence electrons. The Balaban J connectivity index is 1.72. The molecule has 0 radical (unpaired) electrons. The molecule has 2 heterocycles. The Labute approximate surface area is 158 Å². The number of carbonyl (C=O) groups is 2. The van der Waals surface area contributed by atoms with E-state index in [-0.39, 0.29) is 17.6 Å². The highest BCUT2D eigenvalue weighted by atomic mass is 35.5. The monoisotopic (exact) mass is 373 g/mol. The Bertz CT molecular complexity index is 798. The average molecular weight is 374 g/mol. The molecule has 1 aromatic carbocycles. The minimum absolute atomic E-state index is 0.0454. The summed E-state index contributed by atoms with van der Waals surface area (Å²) in [6.07, 6.45) is 3.48. The molecule has 26 heavy (non-hydrogen) atoms. The highest BCUT2D eigenvalue weighted by Gasteiger charge is 2.30. The van der Waals surface area contributed by atoms with Crippen LogP contribution in [0.3, 0.4) is 0 Å². The maximum absolute atomic E-state index is 12.9. The molecule has 1 aliphatic heterocycles. The summed E-state index contributed by atoms with van der Waals surface area (Å²) in [5.74, 6) is -0.135. The number of aromatic nitrogens is 2. The number of ketones is 1. The number of Topliss-reactive ketones (excluding diaryl/α,β-unsaturated/α-hetero) is 1. The van der Waals surface area contributed by atoms with Gasteiger partial charge in [0, 0.05) is 36.6 Å². The summed E-state index contributed by atoms with van der Waals surface area (Å²) in [7, 11) is 1.80. The van der Waals surface area contributed by atoms with Crippen LogP contribution in [0.15, 0.2) is 30.3 Å². The van der Waals surface area contributed by atoms with Gasteiger partial charge < -0.3 is 4.90 Å². The summed E-state index contributed by atoms with van der Waals surface area (Å²) < 4.78 is 1.65. The van der Waals surface area contributed by atoms with E-state index in [2.05, 4.69) is 12.0 Å². The van der Waals surface area contributed by atoms with Gasteiger partial charge in [0.25, 0.3) is 5.91 Å². The summed E-state index contributed by atoms with van der Waals surface area (Å²) in [5.41, 5.74) is 2.18. The Morgan fingerprint density at radius 3 is 2.69 bits per heavy atom. The molecule has 0 N–H and O–H groups in total. The lowest BCUT2D eigenvalue weighted by atomic mass is 9.90. The molecule has 0 aliphatic carbocycles. The minimum Gasteiger partial charge on any atom is -0.337 e. The normalized spacial score (nSPS) is 17.3. The van der Waals surface area contributed by atoms with Crippen molar-refractivity contribution in [2.24, 2.45) is 13.0 Å². The van der Waals surface area contributed by atoms with Gasteiger partial charge in [-0.1, -0.05) is 24.9 Å². The van der Waals surface area contributed by atoms with E-state index in [0.29, 0.717) is 29.4 Å². The second-order valence-corrected chi connectivity index (χ2v) is 7.29. The zero-order valence-electron chi connectivity index (χ0n) is 15.2. The van der Waals surface area contributed by atoms with Gasteiger partial charge in [-0.15, -0.1) is 0 Å². The predicted molar refractivity (Wildman–Crippen MR) is 102 cm³/mol. The van der Waals surface area contributed by atoms with Crippen molar-refractivity contribution in [3.63, 3.8) is 0 Å². The number of hydrogen-bond acceptors (Lipinski definition) is 3. The third kappa shape index (κ3) is 3.98. The van der Waals surface area contributed by atoms with Crippen LogP contribution >= 0.6 is 11.6 Å². The van der Waals surface area contributed by atoms with Crippen LogP contribution in [0.1, 0.15) is 52.7 Å². The molecule has 2 aromatic rings. The van der Waals surface area contributed by atoms with Gasteiger partial charge in [-0.25, -0.2) is 0 Å². The van der Waals surface area contributed by atoms with Gasteiger partial charge in [-0.2, -0.15) is 5.10 Å². The Morgan fingerprint density at radius 2 is 2.00 bits per heavy atom. The molecular formula is C20H24ClN3O2. The topological polar surface area (TPSA) is 55.2 Å². The minimum atomic E-state index is -0.169. The van der Waals surface area contributed by atoms with E-state index >= 15 is 0 Å². The average Bonchev–Trinajstić information content (AvgIpc) is 3.02. The molecule has 1 fully saturated rings. The highest BCUT2D eigenvalue weighted by molar-refractivity contribution is 6.30. The number of aryl methyl sites for hydroxylation is 2. The van der Waals surface area contributed by atoms with Crippen molar-refractivity contribution in [2.75, 3.05) is 13.1 Å². The number of hydrogen-bond donors (Lipinski definition) is 0. The molecule has 3 rings (SSSR count). The first-order valence-electron chi connectivity index (χ1n) is 9.11. The van der Waals surface area contributed by atoms with Crippen LogP contribution < -0.4 is 0 Å². The maximum Gasteiger partial charge on any atom is 0.272 e. The van der Waals surface area contributed by atoms with Crippen molar-refractivity contribution in [1.29, 1.82) is 0 Å². The Kier molecular flexibility index (Phi) is 5.77. The summed E-state index contributed by atoms with van der Waals surface area (Å²) >= 11 is 5.90. The van der Waals surface area contributed by atoms with E-state index in [1.165, 1.54) is 0 Å². The second-order valence-electron chi connectivity index (χ2n) is 6.86. The van der Waals surface area contributed by atoms with Crippen molar-refractivity contribution in [3.8, 4) is 0 Å². The van der Waals surface area contributed by atoms with Crippen LogP contribution in [0.25, 0.3) is 0 Å². The van der Waals surface area contributed by atoms with Crippen LogP contribution in [0, 0.1) is 5.92 Å². The first-order valence-corrected chi connectivity index (χ1v) is 9.49. The Hall–Kier alpha value is -2.14. The largest absolute Gasteiger partial charge is 0.337 e. The quantitative estimate of drug-likeness (QED) is 0.750. The fraction of sp³-hybridized carbons (Fsp3) is 0.450. The number of carbonyl (C=O) groups excluding carboxylic acids is 2. The maximum atomic E-state index is 12.9. The van der Waals surface area contributed by atoms with Crippen LogP contribution in [0.5, 0.6) is 0 Å². The molecule has 1 aliphatic rings. The highest BCUT2D eigenvalue weighted by Crippen LogP contribution is 2.23. The molecule has 1 atom stereocenters.